The lowest BCUT2D eigenvalue weighted by Gasteiger charge is -2.53. The van der Waals surface area contributed by atoms with Crippen LogP contribution in [0.1, 0.15) is 25.3 Å². The van der Waals surface area contributed by atoms with E-state index in [1.54, 1.807) is 11.6 Å². The van der Waals surface area contributed by atoms with Crippen molar-refractivity contribution in [1.29, 1.82) is 0 Å². The third-order valence-corrected chi connectivity index (χ3v) is 8.55. The number of anilines is 1. The highest BCUT2D eigenvalue weighted by molar-refractivity contribution is 6.00. The number of hydrogen-bond donors (Lipinski definition) is 2. The van der Waals surface area contributed by atoms with Crippen LogP contribution in [0, 0.1) is 0 Å². The van der Waals surface area contributed by atoms with E-state index in [1.165, 1.54) is 4.57 Å². The second-order valence-electron chi connectivity index (χ2n) is 10.7. The standard InChI is InChI=1S/C25H33F2N7O3/c1-30-22-17(3-2-4-18(22)34(24(30)37)19-5-6-21(35)29-23(19)36)32-11-9-31(10-12-32)16-13-33(14-16)20-7-8-28-15-25(20,26)27/h2-4,16,19-20,28H,5-15H2,1H3,(H,29,35,36). The minimum atomic E-state index is -2.68. The fourth-order valence-corrected chi connectivity index (χ4v) is 6.48. The first-order valence-electron chi connectivity index (χ1n) is 13.1. The van der Waals surface area contributed by atoms with Crippen LogP contribution in [-0.2, 0) is 16.6 Å². The highest BCUT2D eigenvalue weighted by Gasteiger charge is 2.49. The van der Waals surface area contributed by atoms with E-state index < -0.39 is 23.9 Å². The van der Waals surface area contributed by atoms with Crippen LogP contribution in [0.2, 0.25) is 0 Å². The number of carbonyl (C=O) groups is 2. The fraction of sp³-hybridized carbons (Fsp3) is 0.640. The molecule has 2 aromatic rings. The van der Waals surface area contributed by atoms with Gasteiger partial charge in [0, 0.05) is 58.8 Å². The summed E-state index contributed by atoms with van der Waals surface area (Å²) in [5.41, 5.74) is 2.11. The molecule has 0 bridgehead atoms. The van der Waals surface area contributed by atoms with E-state index in [0.717, 1.165) is 37.4 Å². The van der Waals surface area contributed by atoms with Gasteiger partial charge in [-0.2, -0.15) is 0 Å². The lowest BCUT2D eigenvalue weighted by molar-refractivity contribution is -0.135. The number of hydrogen-bond acceptors (Lipinski definition) is 7. The number of para-hydroxylation sites is 1. The molecule has 0 spiro atoms. The largest absolute Gasteiger partial charge is 0.367 e. The van der Waals surface area contributed by atoms with E-state index in [2.05, 4.69) is 20.4 Å². The summed E-state index contributed by atoms with van der Waals surface area (Å²) >= 11 is 0. The minimum absolute atomic E-state index is 0.203. The summed E-state index contributed by atoms with van der Waals surface area (Å²) in [6.45, 7) is 4.92. The molecular formula is C25H33F2N7O3. The molecule has 2 unspecified atom stereocenters. The molecule has 1 aromatic heterocycles. The first-order chi connectivity index (χ1) is 17.7. The SMILES string of the molecule is Cn1c(=O)n(C2CCC(=O)NC2=O)c2cccc(N3CCN(C4CN(C5CCNCC5(F)F)C4)CC3)c21. The molecule has 0 aliphatic carbocycles. The van der Waals surface area contributed by atoms with E-state index in [9.17, 15) is 23.2 Å². The van der Waals surface area contributed by atoms with Crippen molar-refractivity contribution in [2.75, 3.05) is 57.3 Å². The molecule has 1 aromatic carbocycles. The van der Waals surface area contributed by atoms with Gasteiger partial charge >= 0.3 is 5.69 Å². The number of halogens is 2. The molecule has 5 heterocycles. The maximum absolute atomic E-state index is 14.3. The summed E-state index contributed by atoms with van der Waals surface area (Å²) in [5, 5.41) is 5.15. The number of nitrogens with one attached hydrogen (secondary N) is 2. The number of imide groups is 1. The third-order valence-electron chi connectivity index (χ3n) is 8.55. The molecule has 2 atom stereocenters. The number of alkyl halides is 2. The molecule has 2 amide bonds. The summed E-state index contributed by atoms with van der Waals surface area (Å²) in [7, 11) is 1.71. The summed E-state index contributed by atoms with van der Waals surface area (Å²) < 4.78 is 31.7. The molecular weight excluding hydrogens is 484 g/mol. The molecule has 0 radical (unpaired) electrons. The molecule has 0 saturated carbocycles. The lowest BCUT2D eigenvalue weighted by Crippen LogP contribution is -2.69. The van der Waals surface area contributed by atoms with Gasteiger partial charge < -0.3 is 10.2 Å². The molecule has 4 aliphatic heterocycles. The van der Waals surface area contributed by atoms with E-state index in [1.807, 2.05) is 23.1 Å². The van der Waals surface area contributed by atoms with Crippen molar-refractivity contribution in [2.24, 2.45) is 7.05 Å². The Morgan fingerprint density at radius 3 is 2.46 bits per heavy atom. The highest BCUT2D eigenvalue weighted by Crippen LogP contribution is 2.34. The van der Waals surface area contributed by atoms with Crippen LogP contribution >= 0.6 is 0 Å². The summed E-state index contributed by atoms with van der Waals surface area (Å²) in [6, 6.07) is 4.65. The second-order valence-corrected chi connectivity index (χ2v) is 10.7. The smallest absolute Gasteiger partial charge is 0.329 e. The third kappa shape index (κ3) is 4.15. The number of piperidine rings is 2. The first kappa shape index (κ1) is 24.5. The van der Waals surface area contributed by atoms with Crippen LogP contribution in [-0.4, -0.2) is 101 Å². The quantitative estimate of drug-likeness (QED) is 0.557. The van der Waals surface area contributed by atoms with Crippen LogP contribution in [0.25, 0.3) is 11.0 Å². The number of imidazole rings is 1. The van der Waals surface area contributed by atoms with Crippen LogP contribution in [0.5, 0.6) is 0 Å². The Balaban J connectivity index is 1.15. The van der Waals surface area contributed by atoms with Crippen LogP contribution < -0.4 is 21.2 Å². The van der Waals surface area contributed by atoms with Gasteiger partial charge in [-0.15, -0.1) is 0 Å². The Morgan fingerprint density at radius 1 is 1.00 bits per heavy atom. The van der Waals surface area contributed by atoms with Crippen molar-refractivity contribution >= 4 is 28.5 Å². The molecule has 200 valence electrons. The van der Waals surface area contributed by atoms with Crippen molar-refractivity contribution in [3.05, 3.63) is 28.7 Å². The summed E-state index contributed by atoms with van der Waals surface area (Å²) in [6.07, 6.45) is 0.984. The topological polar surface area (TPSA) is 94.8 Å². The zero-order chi connectivity index (χ0) is 25.9. The number of carbonyl (C=O) groups excluding carboxylic acids is 2. The Bertz CT molecular complexity index is 1280. The monoisotopic (exact) mass is 517 g/mol. The summed E-state index contributed by atoms with van der Waals surface area (Å²) in [4.78, 5) is 43.9. The highest BCUT2D eigenvalue weighted by atomic mass is 19.3. The Morgan fingerprint density at radius 2 is 1.76 bits per heavy atom. The number of rotatable bonds is 4. The maximum atomic E-state index is 14.3. The van der Waals surface area contributed by atoms with Crippen molar-refractivity contribution in [2.45, 2.75) is 43.3 Å². The number of likely N-dealkylation sites (tertiary alicyclic amines) is 1. The van der Waals surface area contributed by atoms with Crippen LogP contribution in [0.4, 0.5) is 14.5 Å². The lowest BCUT2D eigenvalue weighted by atomic mass is 9.94. The number of nitrogens with zero attached hydrogens (tertiary/aromatic N) is 5. The average molecular weight is 518 g/mol. The average Bonchev–Trinajstić information content (AvgIpc) is 3.10. The molecule has 2 N–H and O–H groups in total. The second kappa shape index (κ2) is 9.17. The van der Waals surface area contributed by atoms with E-state index in [0.29, 0.717) is 44.0 Å². The number of aryl methyl sites for hydroxylation is 1. The van der Waals surface area contributed by atoms with Crippen LogP contribution in [0.3, 0.4) is 0 Å². The number of piperazine rings is 1. The Hall–Kier alpha value is -2.83. The number of aromatic nitrogens is 2. The van der Waals surface area contributed by atoms with Crippen molar-refractivity contribution in [3.63, 3.8) is 0 Å². The number of amides is 2. The van der Waals surface area contributed by atoms with Gasteiger partial charge in [0.1, 0.15) is 6.04 Å². The number of fused-ring (bicyclic) bond motifs is 1. The normalized spacial score (nSPS) is 27.9. The molecule has 4 aliphatic rings. The van der Waals surface area contributed by atoms with Gasteiger partial charge in [0.05, 0.1) is 29.3 Å². The van der Waals surface area contributed by atoms with Gasteiger partial charge in [-0.05, 0) is 31.5 Å². The van der Waals surface area contributed by atoms with Crippen molar-refractivity contribution < 1.29 is 18.4 Å². The molecule has 4 saturated heterocycles. The van der Waals surface area contributed by atoms with E-state index in [-0.39, 0.29) is 24.6 Å². The van der Waals surface area contributed by atoms with Gasteiger partial charge in [0.25, 0.3) is 5.92 Å². The van der Waals surface area contributed by atoms with Crippen molar-refractivity contribution in [1.82, 2.24) is 29.6 Å². The van der Waals surface area contributed by atoms with E-state index in [4.69, 9.17) is 0 Å². The van der Waals surface area contributed by atoms with Gasteiger partial charge in [-0.25, -0.2) is 13.6 Å². The molecule has 6 rings (SSSR count). The zero-order valence-electron chi connectivity index (χ0n) is 21.0. The van der Waals surface area contributed by atoms with Gasteiger partial charge in [-0.1, -0.05) is 6.07 Å². The Kier molecular flexibility index (Phi) is 6.08. The number of benzene rings is 1. The first-order valence-corrected chi connectivity index (χ1v) is 13.1. The van der Waals surface area contributed by atoms with Gasteiger partial charge in [0.15, 0.2) is 0 Å². The maximum Gasteiger partial charge on any atom is 0.329 e. The fourth-order valence-electron chi connectivity index (χ4n) is 6.48. The molecule has 12 heteroatoms. The van der Waals surface area contributed by atoms with Crippen molar-refractivity contribution in [3.8, 4) is 0 Å². The molecule has 10 nitrogen and oxygen atoms in total. The molecule has 4 fully saturated rings. The minimum Gasteiger partial charge on any atom is -0.367 e. The van der Waals surface area contributed by atoms with E-state index >= 15 is 0 Å². The van der Waals surface area contributed by atoms with Gasteiger partial charge in [0.2, 0.25) is 11.8 Å². The predicted molar refractivity (Wildman–Crippen MR) is 134 cm³/mol. The zero-order valence-corrected chi connectivity index (χ0v) is 21.0. The predicted octanol–water partition coefficient (Wildman–Crippen LogP) is 0.121. The Labute approximate surface area is 213 Å². The summed E-state index contributed by atoms with van der Waals surface area (Å²) in [5.74, 6) is -3.44. The van der Waals surface area contributed by atoms with Gasteiger partial charge in [-0.3, -0.25) is 33.8 Å². The molecule has 37 heavy (non-hydrogen) atoms. The van der Waals surface area contributed by atoms with Crippen LogP contribution in [0.15, 0.2) is 23.0 Å².